The minimum atomic E-state index is 0.413. The van der Waals surface area contributed by atoms with E-state index in [1.165, 1.54) is 23.2 Å². The molecule has 2 aromatic heterocycles. The lowest BCUT2D eigenvalue weighted by Gasteiger charge is -2.36. The zero-order valence-electron chi connectivity index (χ0n) is 15.1. The van der Waals surface area contributed by atoms with Crippen molar-refractivity contribution in [3.63, 3.8) is 0 Å². The molecule has 0 N–H and O–H groups in total. The third-order valence-electron chi connectivity index (χ3n) is 5.05. The van der Waals surface area contributed by atoms with E-state index in [1.54, 1.807) is 7.11 Å². The summed E-state index contributed by atoms with van der Waals surface area (Å²) in [6.45, 7) is 6.27. The highest BCUT2D eigenvalue weighted by molar-refractivity contribution is 5.96. The molecule has 1 aliphatic rings. The molecule has 0 amide bonds. The van der Waals surface area contributed by atoms with Crippen LogP contribution in [0.1, 0.15) is 30.0 Å². The van der Waals surface area contributed by atoms with Gasteiger partial charge in [-0.1, -0.05) is 12.1 Å². The van der Waals surface area contributed by atoms with E-state index in [9.17, 15) is 0 Å². The largest absolute Gasteiger partial charge is 0.494 e. The average molecular weight is 336 g/mol. The van der Waals surface area contributed by atoms with Crippen molar-refractivity contribution in [1.82, 2.24) is 14.8 Å². The number of pyridine rings is 1. The lowest BCUT2D eigenvalue weighted by Crippen LogP contribution is -2.37. The van der Waals surface area contributed by atoms with Gasteiger partial charge in [0.05, 0.1) is 25.0 Å². The van der Waals surface area contributed by atoms with Gasteiger partial charge in [-0.3, -0.25) is 9.67 Å². The summed E-state index contributed by atoms with van der Waals surface area (Å²) in [6.07, 6.45) is 8.38. The Balaban J connectivity index is 1.74. The van der Waals surface area contributed by atoms with E-state index in [4.69, 9.17) is 4.74 Å². The monoisotopic (exact) mass is 336 g/mol. The number of aryl methyl sites for hydroxylation is 2. The molecule has 1 unspecified atom stereocenters. The predicted octanol–water partition coefficient (Wildman–Crippen LogP) is 3.90. The molecule has 3 heterocycles. The van der Waals surface area contributed by atoms with Crippen molar-refractivity contribution in [3.8, 4) is 5.75 Å². The van der Waals surface area contributed by atoms with Gasteiger partial charge < -0.3 is 9.64 Å². The SMILES string of the molecule is COc1cccc2c(N3CCCC(n4cc(C)cn4)C3)c(C)cnc12. The molecule has 1 atom stereocenters. The van der Waals surface area contributed by atoms with Crippen LogP contribution < -0.4 is 9.64 Å². The first-order valence-electron chi connectivity index (χ1n) is 8.85. The zero-order valence-corrected chi connectivity index (χ0v) is 15.1. The summed E-state index contributed by atoms with van der Waals surface area (Å²) in [7, 11) is 1.70. The summed E-state index contributed by atoms with van der Waals surface area (Å²) in [5.74, 6) is 0.829. The van der Waals surface area contributed by atoms with Crippen molar-refractivity contribution in [2.24, 2.45) is 0 Å². The molecule has 5 heteroatoms. The number of fused-ring (bicyclic) bond motifs is 1. The first-order chi connectivity index (χ1) is 12.2. The van der Waals surface area contributed by atoms with Gasteiger partial charge in [-0.25, -0.2) is 0 Å². The predicted molar refractivity (Wildman–Crippen MR) is 100 cm³/mol. The van der Waals surface area contributed by atoms with Crippen molar-refractivity contribution in [2.45, 2.75) is 32.7 Å². The number of hydrogen-bond acceptors (Lipinski definition) is 4. The number of rotatable bonds is 3. The molecule has 0 saturated carbocycles. The lowest BCUT2D eigenvalue weighted by atomic mass is 10.0. The number of anilines is 1. The summed E-state index contributed by atoms with van der Waals surface area (Å²) < 4.78 is 7.63. The number of aromatic nitrogens is 3. The van der Waals surface area contributed by atoms with Crippen LogP contribution in [0.3, 0.4) is 0 Å². The molecule has 5 nitrogen and oxygen atoms in total. The van der Waals surface area contributed by atoms with Crippen molar-refractivity contribution in [2.75, 3.05) is 25.1 Å². The van der Waals surface area contributed by atoms with Crippen LogP contribution in [0.5, 0.6) is 5.75 Å². The van der Waals surface area contributed by atoms with E-state index in [0.29, 0.717) is 6.04 Å². The van der Waals surface area contributed by atoms with Crippen LogP contribution in [0.4, 0.5) is 5.69 Å². The molecule has 1 aliphatic heterocycles. The van der Waals surface area contributed by atoms with E-state index >= 15 is 0 Å². The molecular formula is C20H24N4O. The zero-order chi connectivity index (χ0) is 17.4. The number of ether oxygens (including phenoxy) is 1. The van der Waals surface area contributed by atoms with Crippen LogP contribution in [0.15, 0.2) is 36.8 Å². The summed E-state index contributed by atoms with van der Waals surface area (Å²) >= 11 is 0. The lowest BCUT2D eigenvalue weighted by molar-refractivity contribution is 0.376. The molecule has 1 saturated heterocycles. The third kappa shape index (κ3) is 2.84. The quantitative estimate of drug-likeness (QED) is 0.727. The maximum Gasteiger partial charge on any atom is 0.145 e. The van der Waals surface area contributed by atoms with Gasteiger partial charge in [0.15, 0.2) is 0 Å². The van der Waals surface area contributed by atoms with E-state index in [2.05, 4.69) is 45.8 Å². The molecule has 25 heavy (non-hydrogen) atoms. The number of piperidine rings is 1. The van der Waals surface area contributed by atoms with Gasteiger partial charge in [-0.05, 0) is 43.9 Å². The third-order valence-corrected chi connectivity index (χ3v) is 5.05. The van der Waals surface area contributed by atoms with Gasteiger partial charge in [0.2, 0.25) is 0 Å². The topological polar surface area (TPSA) is 43.2 Å². The second-order valence-corrected chi connectivity index (χ2v) is 6.89. The molecule has 1 fully saturated rings. The van der Waals surface area contributed by atoms with E-state index < -0.39 is 0 Å². The highest BCUT2D eigenvalue weighted by Gasteiger charge is 2.24. The summed E-state index contributed by atoms with van der Waals surface area (Å²) in [4.78, 5) is 7.11. The molecule has 3 aromatic rings. The molecule has 1 aromatic carbocycles. The number of hydrogen-bond donors (Lipinski definition) is 0. The molecule has 130 valence electrons. The Bertz CT molecular complexity index is 902. The molecule has 0 radical (unpaired) electrons. The summed E-state index contributed by atoms with van der Waals surface area (Å²) in [5, 5.41) is 5.70. The molecular weight excluding hydrogens is 312 g/mol. The maximum atomic E-state index is 5.51. The highest BCUT2D eigenvalue weighted by Crippen LogP contribution is 2.36. The molecule has 0 aliphatic carbocycles. The second kappa shape index (κ2) is 6.39. The number of benzene rings is 1. The minimum absolute atomic E-state index is 0.413. The van der Waals surface area contributed by atoms with Crippen molar-refractivity contribution < 1.29 is 4.74 Å². The Labute approximate surface area is 148 Å². The normalized spacial score (nSPS) is 17.9. The van der Waals surface area contributed by atoms with Gasteiger partial charge >= 0.3 is 0 Å². The van der Waals surface area contributed by atoms with Gasteiger partial charge in [-0.2, -0.15) is 5.10 Å². The average Bonchev–Trinajstić information content (AvgIpc) is 3.07. The van der Waals surface area contributed by atoms with Crippen molar-refractivity contribution in [1.29, 1.82) is 0 Å². The Morgan fingerprint density at radius 3 is 2.84 bits per heavy atom. The Hall–Kier alpha value is -2.56. The fourth-order valence-corrected chi connectivity index (χ4v) is 3.87. The van der Waals surface area contributed by atoms with Crippen LogP contribution in [0.25, 0.3) is 10.9 Å². The fourth-order valence-electron chi connectivity index (χ4n) is 3.87. The van der Waals surface area contributed by atoms with Crippen LogP contribution in [0, 0.1) is 13.8 Å². The first kappa shape index (κ1) is 15.9. The Morgan fingerprint density at radius 2 is 2.08 bits per heavy atom. The highest BCUT2D eigenvalue weighted by atomic mass is 16.5. The Morgan fingerprint density at radius 1 is 1.20 bits per heavy atom. The van der Waals surface area contributed by atoms with Crippen LogP contribution >= 0.6 is 0 Å². The molecule has 0 spiro atoms. The molecule has 0 bridgehead atoms. The standard InChI is InChI=1S/C20H24N4O/c1-14-10-22-24(12-14)16-6-5-9-23(13-16)20-15(2)11-21-19-17(20)7-4-8-18(19)25-3/h4,7-8,10-12,16H,5-6,9,13H2,1-3H3. The summed E-state index contributed by atoms with van der Waals surface area (Å²) in [5.41, 5.74) is 4.63. The number of nitrogens with zero attached hydrogens (tertiary/aromatic N) is 4. The van der Waals surface area contributed by atoms with E-state index in [1.807, 2.05) is 24.5 Å². The van der Waals surface area contributed by atoms with Crippen molar-refractivity contribution >= 4 is 16.6 Å². The maximum absolute atomic E-state index is 5.51. The van der Waals surface area contributed by atoms with Gasteiger partial charge in [0.1, 0.15) is 11.3 Å². The smallest absolute Gasteiger partial charge is 0.145 e. The van der Waals surface area contributed by atoms with Crippen molar-refractivity contribution in [3.05, 3.63) is 47.9 Å². The van der Waals surface area contributed by atoms with Crippen LogP contribution in [0.2, 0.25) is 0 Å². The fraction of sp³-hybridized carbons (Fsp3) is 0.400. The molecule has 4 rings (SSSR count). The van der Waals surface area contributed by atoms with E-state index in [0.717, 1.165) is 36.2 Å². The summed E-state index contributed by atoms with van der Waals surface area (Å²) in [6, 6.07) is 6.58. The van der Waals surface area contributed by atoms with Gasteiger partial charge in [0.25, 0.3) is 0 Å². The first-order valence-corrected chi connectivity index (χ1v) is 8.85. The number of methoxy groups -OCH3 is 1. The minimum Gasteiger partial charge on any atom is -0.494 e. The van der Waals surface area contributed by atoms with Gasteiger partial charge in [-0.15, -0.1) is 0 Å². The van der Waals surface area contributed by atoms with Crippen LogP contribution in [-0.2, 0) is 0 Å². The Kier molecular flexibility index (Phi) is 4.07. The number of para-hydroxylation sites is 1. The second-order valence-electron chi connectivity index (χ2n) is 6.89. The van der Waals surface area contributed by atoms with E-state index in [-0.39, 0.29) is 0 Å². The van der Waals surface area contributed by atoms with Gasteiger partial charge in [0, 0.05) is 30.9 Å². The van der Waals surface area contributed by atoms with Crippen LogP contribution in [-0.4, -0.2) is 35.0 Å².